The van der Waals surface area contributed by atoms with Crippen molar-refractivity contribution >= 4 is 28.6 Å². The topological polar surface area (TPSA) is 68.2 Å². The maximum atomic E-state index is 13.6. The molecule has 0 aliphatic carbocycles. The Labute approximate surface area is 192 Å². The van der Waals surface area contributed by atoms with Crippen molar-refractivity contribution in [2.24, 2.45) is 0 Å². The van der Waals surface area contributed by atoms with Crippen molar-refractivity contribution in [2.75, 3.05) is 17.2 Å². The molecular weight excluding hydrogens is 412 g/mol. The van der Waals surface area contributed by atoms with Crippen molar-refractivity contribution in [1.82, 2.24) is 9.55 Å². The molecule has 33 heavy (non-hydrogen) atoms. The van der Waals surface area contributed by atoms with Crippen LogP contribution in [0.25, 0.3) is 11.0 Å². The van der Waals surface area contributed by atoms with Crippen molar-refractivity contribution in [2.45, 2.75) is 26.8 Å². The van der Waals surface area contributed by atoms with Gasteiger partial charge in [-0.1, -0.05) is 42.0 Å². The maximum Gasteiger partial charge on any atom is 0.255 e. The van der Waals surface area contributed by atoms with Gasteiger partial charge in [0.05, 0.1) is 29.3 Å². The maximum absolute atomic E-state index is 13.6. The molecule has 0 saturated carbocycles. The van der Waals surface area contributed by atoms with Crippen LogP contribution in [0, 0.1) is 6.92 Å². The van der Waals surface area contributed by atoms with Gasteiger partial charge in [-0.2, -0.15) is 0 Å². The molecule has 3 aromatic carbocycles. The molecule has 0 spiro atoms. The molecule has 6 heteroatoms. The Morgan fingerprint density at radius 1 is 1.03 bits per heavy atom. The smallest absolute Gasteiger partial charge is 0.255 e. The molecule has 0 bridgehead atoms. The van der Waals surface area contributed by atoms with Gasteiger partial charge in [0.25, 0.3) is 5.91 Å². The number of ether oxygens (including phenoxy) is 1. The van der Waals surface area contributed by atoms with E-state index >= 15 is 0 Å². The molecule has 0 radical (unpaired) electrons. The standard InChI is InChI=1S/C27H26N4O2/c1-4-33-21-15-13-20(14-16-21)29-26(32)24-18(3)28-27-30-22-7-5-6-8-23(22)31(27)25(24)19-11-9-17(2)10-12-19/h5-16,25H,4H2,1-3H3,(H,28,30)(H,29,32)/t25-/m1/s1. The molecular formula is C27H26N4O2. The summed E-state index contributed by atoms with van der Waals surface area (Å²) in [5.74, 6) is 1.35. The number of para-hydroxylation sites is 2. The summed E-state index contributed by atoms with van der Waals surface area (Å²) in [5, 5.41) is 6.42. The summed E-state index contributed by atoms with van der Waals surface area (Å²) in [4.78, 5) is 18.4. The third kappa shape index (κ3) is 3.84. The van der Waals surface area contributed by atoms with Gasteiger partial charge >= 0.3 is 0 Å². The van der Waals surface area contributed by atoms with Crippen molar-refractivity contribution in [1.29, 1.82) is 0 Å². The number of nitrogens with zero attached hydrogens (tertiary/aromatic N) is 2. The van der Waals surface area contributed by atoms with E-state index in [1.165, 1.54) is 5.56 Å². The van der Waals surface area contributed by atoms with Crippen LogP contribution in [-0.2, 0) is 4.79 Å². The minimum Gasteiger partial charge on any atom is -0.494 e. The molecule has 1 aliphatic heterocycles. The van der Waals surface area contributed by atoms with Gasteiger partial charge in [0.15, 0.2) is 0 Å². The number of allylic oxidation sites excluding steroid dienone is 1. The number of benzene rings is 3. The quantitative estimate of drug-likeness (QED) is 0.421. The highest BCUT2D eigenvalue weighted by molar-refractivity contribution is 6.06. The van der Waals surface area contributed by atoms with Crippen LogP contribution in [0.4, 0.5) is 11.6 Å². The van der Waals surface area contributed by atoms with Crippen LogP contribution in [0.15, 0.2) is 84.1 Å². The number of nitrogens with one attached hydrogen (secondary N) is 2. The van der Waals surface area contributed by atoms with Crippen molar-refractivity contribution < 1.29 is 9.53 Å². The van der Waals surface area contributed by atoms with Crippen molar-refractivity contribution in [3.05, 3.63) is 95.2 Å². The predicted octanol–water partition coefficient (Wildman–Crippen LogP) is 5.67. The number of aryl methyl sites for hydroxylation is 1. The number of carbonyl (C=O) groups excluding carboxylic acids is 1. The second-order valence-corrected chi connectivity index (χ2v) is 8.18. The molecule has 2 N–H and O–H groups in total. The summed E-state index contributed by atoms with van der Waals surface area (Å²) < 4.78 is 7.62. The molecule has 5 rings (SSSR count). The van der Waals surface area contributed by atoms with Gasteiger partial charge in [-0.15, -0.1) is 0 Å². The number of hydrogen-bond acceptors (Lipinski definition) is 4. The Morgan fingerprint density at radius 3 is 2.48 bits per heavy atom. The SMILES string of the molecule is CCOc1ccc(NC(=O)C2=C(C)Nc3nc4ccccc4n3[C@@H]2c2ccc(C)cc2)cc1. The molecule has 4 aromatic rings. The highest BCUT2D eigenvalue weighted by atomic mass is 16.5. The summed E-state index contributed by atoms with van der Waals surface area (Å²) in [6.45, 7) is 6.53. The Kier molecular flexibility index (Phi) is 5.34. The van der Waals surface area contributed by atoms with Crippen molar-refractivity contribution in [3.8, 4) is 5.75 Å². The van der Waals surface area contributed by atoms with Gasteiger partial charge in [-0.25, -0.2) is 4.98 Å². The Balaban J connectivity index is 1.58. The van der Waals surface area contributed by atoms with Crippen LogP contribution < -0.4 is 15.4 Å². The monoisotopic (exact) mass is 438 g/mol. The fourth-order valence-corrected chi connectivity index (χ4v) is 4.32. The normalized spacial score (nSPS) is 15.2. The molecule has 0 unspecified atom stereocenters. The molecule has 166 valence electrons. The van der Waals surface area contributed by atoms with Gasteiger partial charge in [-0.3, -0.25) is 9.36 Å². The van der Waals surface area contributed by atoms with E-state index in [2.05, 4.69) is 46.4 Å². The molecule has 2 heterocycles. The van der Waals surface area contributed by atoms with Crippen LogP contribution in [0.1, 0.15) is 31.0 Å². The third-order valence-electron chi connectivity index (χ3n) is 5.89. The highest BCUT2D eigenvalue weighted by Gasteiger charge is 2.34. The predicted molar refractivity (Wildman–Crippen MR) is 132 cm³/mol. The second kappa shape index (κ2) is 8.47. The number of fused-ring (bicyclic) bond motifs is 3. The molecule has 6 nitrogen and oxygen atoms in total. The van der Waals surface area contributed by atoms with E-state index in [0.717, 1.165) is 34.0 Å². The molecule has 0 saturated heterocycles. The molecule has 0 fully saturated rings. The largest absolute Gasteiger partial charge is 0.494 e. The van der Waals surface area contributed by atoms with Crippen LogP contribution in [0.5, 0.6) is 5.75 Å². The van der Waals surface area contributed by atoms with E-state index < -0.39 is 0 Å². The number of imidazole rings is 1. The van der Waals surface area contributed by atoms with Gasteiger partial charge in [0.2, 0.25) is 5.95 Å². The lowest BCUT2D eigenvalue weighted by molar-refractivity contribution is -0.113. The Bertz CT molecular complexity index is 1350. The lowest BCUT2D eigenvalue weighted by Gasteiger charge is -2.30. The van der Waals surface area contributed by atoms with Gasteiger partial charge < -0.3 is 15.4 Å². The van der Waals surface area contributed by atoms with E-state index in [9.17, 15) is 4.79 Å². The second-order valence-electron chi connectivity index (χ2n) is 8.18. The molecule has 1 aliphatic rings. The zero-order chi connectivity index (χ0) is 22.9. The lowest BCUT2D eigenvalue weighted by atomic mass is 9.93. The van der Waals surface area contributed by atoms with Crippen LogP contribution in [-0.4, -0.2) is 22.1 Å². The van der Waals surface area contributed by atoms with E-state index in [1.54, 1.807) is 0 Å². The van der Waals surface area contributed by atoms with E-state index in [4.69, 9.17) is 9.72 Å². The Hall–Kier alpha value is -4.06. The van der Waals surface area contributed by atoms with Crippen LogP contribution in [0.3, 0.4) is 0 Å². The highest BCUT2D eigenvalue weighted by Crippen LogP contribution is 2.39. The van der Waals surface area contributed by atoms with E-state index in [0.29, 0.717) is 17.9 Å². The van der Waals surface area contributed by atoms with Crippen LogP contribution in [0.2, 0.25) is 0 Å². The molecule has 1 atom stereocenters. The van der Waals surface area contributed by atoms with Crippen molar-refractivity contribution in [3.63, 3.8) is 0 Å². The first-order chi connectivity index (χ1) is 16.0. The minimum absolute atomic E-state index is 0.154. The third-order valence-corrected chi connectivity index (χ3v) is 5.89. The number of amides is 1. The van der Waals surface area contributed by atoms with Gasteiger partial charge in [0.1, 0.15) is 5.75 Å². The van der Waals surface area contributed by atoms with E-state index in [1.807, 2.05) is 62.4 Å². The van der Waals surface area contributed by atoms with Crippen LogP contribution >= 0.6 is 0 Å². The van der Waals surface area contributed by atoms with E-state index in [-0.39, 0.29) is 11.9 Å². The Morgan fingerprint density at radius 2 is 1.76 bits per heavy atom. The number of aromatic nitrogens is 2. The molecule has 1 aromatic heterocycles. The lowest BCUT2D eigenvalue weighted by Crippen LogP contribution is -2.30. The summed E-state index contributed by atoms with van der Waals surface area (Å²) in [7, 11) is 0. The number of rotatable bonds is 5. The zero-order valence-electron chi connectivity index (χ0n) is 18.9. The van der Waals surface area contributed by atoms with Gasteiger partial charge in [-0.05, 0) is 62.7 Å². The fourth-order valence-electron chi connectivity index (χ4n) is 4.32. The number of carbonyl (C=O) groups is 1. The first kappa shape index (κ1) is 20.8. The first-order valence-electron chi connectivity index (χ1n) is 11.1. The zero-order valence-corrected chi connectivity index (χ0v) is 18.9. The average molecular weight is 439 g/mol. The summed E-state index contributed by atoms with van der Waals surface area (Å²) in [6, 6.07) is 23.4. The average Bonchev–Trinajstić information content (AvgIpc) is 3.18. The number of hydrogen-bond donors (Lipinski definition) is 2. The number of anilines is 2. The summed E-state index contributed by atoms with van der Waals surface area (Å²) in [6.07, 6.45) is 0. The minimum atomic E-state index is -0.308. The fraction of sp³-hybridized carbons (Fsp3) is 0.185. The molecule has 1 amide bonds. The summed E-state index contributed by atoms with van der Waals surface area (Å²) in [5.41, 5.74) is 6.22. The first-order valence-corrected chi connectivity index (χ1v) is 11.1. The summed E-state index contributed by atoms with van der Waals surface area (Å²) >= 11 is 0. The van der Waals surface area contributed by atoms with Gasteiger partial charge in [0, 0.05) is 11.4 Å².